The maximum absolute atomic E-state index is 11.8. The molecule has 1 fully saturated rings. The summed E-state index contributed by atoms with van der Waals surface area (Å²) in [5, 5.41) is 6.16. The molecule has 1 unspecified atom stereocenters. The largest absolute Gasteiger partial charge is 0.356 e. The molecule has 150 valence electrons. The van der Waals surface area contributed by atoms with Crippen molar-refractivity contribution in [2.24, 2.45) is 10.9 Å². The summed E-state index contributed by atoms with van der Waals surface area (Å²) in [4.78, 5) is 21.1. The minimum atomic E-state index is -0.0445. The van der Waals surface area contributed by atoms with Gasteiger partial charge in [-0.1, -0.05) is 26.0 Å². The first kappa shape index (κ1) is 21.2. The number of nitrogens with zero attached hydrogens (tertiary/aromatic N) is 3. The SMILES string of the molecule is CCN(CC)CC1CCN(C(=NC)NCCc2cccc(C(=O)NC)c2)C1. The van der Waals surface area contributed by atoms with Crippen molar-refractivity contribution in [2.75, 3.05) is 53.4 Å². The van der Waals surface area contributed by atoms with E-state index in [1.54, 1.807) is 7.05 Å². The summed E-state index contributed by atoms with van der Waals surface area (Å²) in [6.07, 6.45) is 2.09. The summed E-state index contributed by atoms with van der Waals surface area (Å²) < 4.78 is 0. The molecule has 0 aromatic heterocycles. The minimum absolute atomic E-state index is 0.0445. The van der Waals surface area contributed by atoms with Crippen molar-refractivity contribution in [3.63, 3.8) is 0 Å². The number of carbonyl (C=O) groups is 1. The zero-order valence-corrected chi connectivity index (χ0v) is 17.3. The third kappa shape index (κ3) is 6.24. The van der Waals surface area contributed by atoms with Gasteiger partial charge in [0.1, 0.15) is 0 Å². The molecule has 1 amide bonds. The van der Waals surface area contributed by atoms with Gasteiger partial charge in [-0.2, -0.15) is 0 Å². The summed E-state index contributed by atoms with van der Waals surface area (Å²) in [6.45, 7) is 10.8. The lowest BCUT2D eigenvalue weighted by molar-refractivity contribution is 0.0963. The summed E-state index contributed by atoms with van der Waals surface area (Å²) >= 11 is 0. The molecule has 1 saturated heterocycles. The Labute approximate surface area is 164 Å². The molecule has 2 rings (SSSR count). The Balaban J connectivity index is 1.82. The smallest absolute Gasteiger partial charge is 0.251 e. The summed E-state index contributed by atoms with van der Waals surface area (Å²) in [7, 11) is 3.51. The number of nitrogens with one attached hydrogen (secondary N) is 2. The van der Waals surface area contributed by atoms with Gasteiger partial charge in [0.2, 0.25) is 0 Å². The lowest BCUT2D eigenvalue weighted by Crippen LogP contribution is -2.41. The molecule has 1 aromatic rings. The zero-order chi connectivity index (χ0) is 19.6. The first-order valence-electron chi connectivity index (χ1n) is 10.1. The van der Waals surface area contributed by atoms with Crippen LogP contribution in [0.3, 0.4) is 0 Å². The molecule has 27 heavy (non-hydrogen) atoms. The van der Waals surface area contributed by atoms with Gasteiger partial charge < -0.3 is 20.4 Å². The van der Waals surface area contributed by atoms with Gasteiger partial charge in [-0.15, -0.1) is 0 Å². The van der Waals surface area contributed by atoms with Crippen molar-refractivity contribution in [1.82, 2.24) is 20.4 Å². The third-order valence-corrected chi connectivity index (χ3v) is 5.32. The normalized spacial score (nSPS) is 17.4. The molecule has 1 aromatic carbocycles. The molecule has 1 aliphatic heterocycles. The van der Waals surface area contributed by atoms with Crippen molar-refractivity contribution >= 4 is 11.9 Å². The lowest BCUT2D eigenvalue weighted by Gasteiger charge is -2.24. The van der Waals surface area contributed by atoms with Gasteiger partial charge in [0.25, 0.3) is 5.91 Å². The van der Waals surface area contributed by atoms with Crippen LogP contribution in [0.2, 0.25) is 0 Å². The third-order valence-electron chi connectivity index (χ3n) is 5.32. The standard InChI is InChI=1S/C21H35N5O/c1-5-25(6-2)15-18-11-13-26(16-18)21(23-4)24-12-10-17-8-7-9-19(14-17)20(27)22-3/h7-9,14,18H,5-6,10-13,15-16H2,1-4H3,(H,22,27)(H,23,24). The van der Waals surface area contributed by atoms with Crippen LogP contribution in [-0.4, -0.2) is 75.0 Å². The molecule has 2 N–H and O–H groups in total. The van der Waals surface area contributed by atoms with Gasteiger partial charge in [-0.3, -0.25) is 9.79 Å². The van der Waals surface area contributed by atoms with Crippen molar-refractivity contribution in [3.8, 4) is 0 Å². The van der Waals surface area contributed by atoms with E-state index >= 15 is 0 Å². The molecule has 0 radical (unpaired) electrons. The van der Waals surface area contributed by atoms with Crippen LogP contribution in [0.25, 0.3) is 0 Å². The Morgan fingerprint density at radius 2 is 2.11 bits per heavy atom. The van der Waals surface area contributed by atoms with E-state index in [1.165, 1.54) is 13.0 Å². The second-order valence-corrected chi connectivity index (χ2v) is 7.09. The van der Waals surface area contributed by atoms with E-state index in [4.69, 9.17) is 0 Å². The van der Waals surface area contributed by atoms with Crippen LogP contribution in [0, 0.1) is 5.92 Å². The molecule has 6 heteroatoms. The minimum Gasteiger partial charge on any atom is -0.356 e. The molecule has 0 saturated carbocycles. The van der Waals surface area contributed by atoms with E-state index in [2.05, 4.69) is 45.3 Å². The van der Waals surface area contributed by atoms with Gasteiger partial charge >= 0.3 is 0 Å². The second kappa shape index (κ2) is 10.9. The number of amides is 1. The number of hydrogen-bond donors (Lipinski definition) is 2. The molecule has 0 bridgehead atoms. The van der Waals surface area contributed by atoms with E-state index in [9.17, 15) is 4.79 Å². The van der Waals surface area contributed by atoms with Crippen LogP contribution in [0.4, 0.5) is 0 Å². The summed E-state index contributed by atoms with van der Waals surface area (Å²) in [5.41, 5.74) is 1.86. The highest BCUT2D eigenvalue weighted by Gasteiger charge is 2.25. The van der Waals surface area contributed by atoms with E-state index < -0.39 is 0 Å². The number of rotatable bonds is 8. The maximum Gasteiger partial charge on any atom is 0.251 e. The Kier molecular flexibility index (Phi) is 8.58. The van der Waals surface area contributed by atoms with Gasteiger partial charge in [-0.05, 0) is 49.5 Å². The topological polar surface area (TPSA) is 60.0 Å². The number of benzene rings is 1. The van der Waals surface area contributed by atoms with Crippen molar-refractivity contribution in [3.05, 3.63) is 35.4 Å². The number of carbonyl (C=O) groups excluding carboxylic acids is 1. The highest BCUT2D eigenvalue weighted by atomic mass is 16.1. The molecular formula is C21H35N5O. The Hall–Kier alpha value is -2.08. The Morgan fingerprint density at radius 1 is 1.33 bits per heavy atom. The maximum atomic E-state index is 11.8. The van der Waals surface area contributed by atoms with E-state index in [1.807, 2.05) is 25.2 Å². The first-order valence-corrected chi connectivity index (χ1v) is 10.1. The van der Waals surface area contributed by atoms with Crippen LogP contribution >= 0.6 is 0 Å². The number of hydrogen-bond acceptors (Lipinski definition) is 3. The molecule has 0 spiro atoms. The predicted octanol–water partition coefficient (Wildman–Crippen LogP) is 1.83. The van der Waals surface area contributed by atoms with Crippen LogP contribution in [0.5, 0.6) is 0 Å². The van der Waals surface area contributed by atoms with Gasteiger partial charge in [0, 0.05) is 45.8 Å². The van der Waals surface area contributed by atoms with Crippen LogP contribution in [0.1, 0.15) is 36.2 Å². The average molecular weight is 374 g/mol. The quantitative estimate of drug-likeness (QED) is 0.539. The highest BCUT2D eigenvalue weighted by Crippen LogP contribution is 2.17. The molecule has 6 nitrogen and oxygen atoms in total. The van der Waals surface area contributed by atoms with Crippen LogP contribution in [-0.2, 0) is 6.42 Å². The Morgan fingerprint density at radius 3 is 2.78 bits per heavy atom. The highest BCUT2D eigenvalue weighted by molar-refractivity contribution is 5.94. The summed E-state index contributed by atoms with van der Waals surface area (Å²) in [5.74, 6) is 1.66. The molecule has 0 aliphatic carbocycles. The van der Waals surface area contributed by atoms with E-state index in [0.29, 0.717) is 11.5 Å². The number of guanidine groups is 1. The summed E-state index contributed by atoms with van der Waals surface area (Å²) in [6, 6.07) is 7.80. The van der Waals surface area contributed by atoms with Crippen molar-refractivity contribution in [1.29, 1.82) is 0 Å². The monoisotopic (exact) mass is 373 g/mol. The van der Waals surface area contributed by atoms with E-state index in [-0.39, 0.29) is 5.91 Å². The van der Waals surface area contributed by atoms with Gasteiger partial charge in [-0.25, -0.2) is 0 Å². The van der Waals surface area contributed by atoms with Crippen molar-refractivity contribution in [2.45, 2.75) is 26.7 Å². The Bertz CT molecular complexity index is 627. The average Bonchev–Trinajstić information content (AvgIpc) is 3.17. The molecule has 1 atom stereocenters. The van der Waals surface area contributed by atoms with Crippen LogP contribution < -0.4 is 10.6 Å². The second-order valence-electron chi connectivity index (χ2n) is 7.09. The number of aliphatic imine (C=N–C) groups is 1. The molecule has 1 aliphatic rings. The van der Waals surface area contributed by atoms with Gasteiger partial charge in [0.15, 0.2) is 5.96 Å². The van der Waals surface area contributed by atoms with Gasteiger partial charge in [0.05, 0.1) is 0 Å². The number of likely N-dealkylation sites (tertiary alicyclic amines) is 1. The van der Waals surface area contributed by atoms with E-state index in [0.717, 1.165) is 50.7 Å². The fraction of sp³-hybridized carbons (Fsp3) is 0.619. The lowest BCUT2D eigenvalue weighted by atomic mass is 10.1. The molecule has 1 heterocycles. The predicted molar refractivity (Wildman–Crippen MR) is 112 cm³/mol. The van der Waals surface area contributed by atoms with Crippen LogP contribution in [0.15, 0.2) is 29.3 Å². The zero-order valence-electron chi connectivity index (χ0n) is 17.3. The first-order chi connectivity index (χ1) is 13.1. The molecular weight excluding hydrogens is 338 g/mol. The fourth-order valence-corrected chi connectivity index (χ4v) is 3.68. The fourth-order valence-electron chi connectivity index (χ4n) is 3.68. The van der Waals surface area contributed by atoms with Crippen molar-refractivity contribution < 1.29 is 4.79 Å².